The number of rotatable bonds is 2. The minimum atomic E-state index is -0.619. The molecule has 1 heterocycles. The van der Waals surface area contributed by atoms with Crippen molar-refractivity contribution in [2.75, 3.05) is 17.2 Å². The second-order valence-corrected chi connectivity index (χ2v) is 5.44. The molecule has 0 aliphatic carbocycles. The normalized spacial score (nSPS) is 16.4. The zero-order valence-corrected chi connectivity index (χ0v) is 12.4. The van der Waals surface area contributed by atoms with E-state index in [2.05, 4.69) is 10.6 Å². The molecule has 4 nitrogen and oxygen atoms in total. The molecule has 108 valence electrons. The quantitative estimate of drug-likeness (QED) is 0.884. The molecule has 0 fully saturated rings. The number of halogens is 2. The topological polar surface area (TPSA) is 50.4 Å². The van der Waals surface area contributed by atoms with Crippen LogP contribution in [0.5, 0.6) is 5.75 Å². The van der Waals surface area contributed by atoms with Crippen LogP contribution in [0.15, 0.2) is 42.5 Å². The third-order valence-electron chi connectivity index (χ3n) is 3.12. The molecular formula is C15H12Cl2N2O2. The lowest BCUT2D eigenvalue weighted by molar-refractivity contribution is -0.122. The van der Waals surface area contributed by atoms with Crippen molar-refractivity contribution in [3.8, 4) is 5.75 Å². The van der Waals surface area contributed by atoms with Crippen molar-refractivity contribution in [2.45, 2.75) is 6.10 Å². The van der Waals surface area contributed by atoms with Crippen LogP contribution in [-0.4, -0.2) is 18.6 Å². The first kappa shape index (κ1) is 14.0. The summed E-state index contributed by atoms with van der Waals surface area (Å²) in [6.07, 6.45) is -0.619. The summed E-state index contributed by atoms with van der Waals surface area (Å²) in [7, 11) is 0. The first-order chi connectivity index (χ1) is 10.1. The van der Waals surface area contributed by atoms with Gasteiger partial charge in [0.05, 0.1) is 22.9 Å². The predicted octanol–water partition coefficient (Wildman–Crippen LogP) is 3.81. The number of hydrogen-bond donors (Lipinski definition) is 2. The summed E-state index contributed by atoms with van der Waals surface area (Å²) in [5.74, 6) is 0.396. The number of carbonyl (C=O) groups excluding carboxylic acids is 1. The molecule has 2 N–H and O–H groups in total. The number of benzene rings is 2. The molecule has 1 atom stereocenters. The zero-order valence-electron chi connectivity index (χ0n) is 10.9. The second-order valence-electron chi connectivity index (χ2n) is 4.60. The molecule has 0 radical (unpaired) electrons. The van der Waals surface area contributed by atoms with Crippen molar-refractivity contribution >= 4 is 40.5 Å². The van der Waals surface area contributed by atoms with Crippen molar-refractivity contribution < 1.29 is 9.53 Å². The molecule has 1 amide bonds. The molecule has 0 bridgehead atoms. The van der Waals surface area contributed by atoms with Gasteiger partial charge >= 0.3 is 0 Å². The van der Waals surface area contributed by atoms with E-state index >= 15 is 0 Å². The van der Waals surface area contributed by atoms with Crippen molar-refractivity contribution in [1.29, 1.82) is 0 Å². The van der Waals surface area contributed by atoms with Crippen molar-refractivity contribution in [3.63, 3.8) is 0 Å². The number of carbonyl (C=O) groups is 1. The Kier molecular flexibility index (Phi) is 3.90. The largest absolute Gasteiger partial charge is 0.477 e. The van der Waals surface area contributed by atoms with Crippen LogP contribution >= 0.6 is 23.2 Å². The van der Waals surface area contributed by atoms with E-state index in [4.69, 9.17) is 27.9 Å². The maximum absolute atomic E-state index is 12.2. The molecule has 1 aliphatic heterocycles. The van der Waals surface area contributed by atoms with Crippen molar-refractivity contribution in [2.24, 2.45) is 0 Å². The summed E-state index contributed by atoms with van der Waals surface area (Å²) in [5.41, 5.74) is 1.39. The summed E-state index contributed by atoms with van der Waals surface area (Å²) >= 11 is 11.9. The molecule has 0 spiro atoms. The molecule has 1 unspecified atom stereocenters. The van der Waals surface area contributed by atoms with Crippen LogP contribution in [-0.2, 0) is 4.79 Å². The van der Waals surface area contributed by atoms with Gasteiger partial charge in [0.2, 0.25) is 0 Å². The van der Waals surface area contributed by atoms with Gasteiger partial charge in [-0.05, 0) is 30.3 Å². The smallest absolute Gasteiger partial charge is 0.267 e. The lowest BCUT2D eigenvalue weighted by atomic mass is 10.2. The lowest BCUT2D eigenvalue weighted by Crippen LogP contribution is -2.41. The SMILES string of the molecule is O=C(Nc1ccc(Cl)cc1Cl)C1CNc2ccccc2O1. The average Bonchev–Trinajstić information content (AvgIpc) is 2.49. The van der Waals surface area contributed by atoms with Crippen molar-refractivity contribution in [1.82, 2.24) is 0 Å². The first-order valence-corrected chi connectivity index (χ1v) is 7.14. The second kappa shape index (κ2) is 5.84. The number of anilines is 2. The molecular weight excluding hydrogens is 311 g/mol. The summed E-state index contributed by atoms with van der Waals surface area (Å²) < 4.78 is 5.69. The van der Waals surface area contributed by atoms with E-state index in [1.807, 2.05) is 24.3 Å². The van der Waals surface area contributed by atoms with E-state index in [1.54, 1.807) is 18.2 Å². The third kappa shape index (κ3) is 3.06. The molecule has 6 heteroatoms. The minimum Gasteiger partial charge on any atom is -0.477 e. The van der Waals surface area contributed by atoms with Gasteiger partial charge in [-0.2, -0.15) is 0 Å². The summed E-state index contributed by atoms with van der Waals surface area (Å²) in [6.45, 7) is 0.397. The summed E-state index contributed by atoms with van der Waals surface area (Å²) in [4.78, 5) is 12.2. The Labute approximate surface area is 132 Å². The summed E-state index contributed by atoms with van der Waals surface area (Å²) in [5, 5.41) is 6.81. The molecule has 1 aliphatic rings. The van der Waals surface area contributed by atoms with Gasteiger partial charge in [-0.3, -0.25) is 4.79 Å². The zero-order chi connectivity index (χ0) is 14.8. The highest BCUT2D eigenvalue weighted by molar-refractivity contribution is 6.36. The van der Waals surface area contributed by atoms with Gasteiger partial charge in [-0.15, -0.1) is 0 Å². The van der Waals surface area contributed by atoms with Crippen LogP contribution in [0.2, 0.25) is 10.0 Å². The van der Waals surface area contributed by atoms with E-state index in [9.17, 15) is 4.79 Å². The van der Waals surface area contributed by atoms with Gasteiger partial charge in [0.1, 0.15) is 5.75 Å². The molecule has 21 heavy (non-hydrogen) atoms. The fourth-order valence-corrected chi connectivity index (χ4v) is 2.52. The highest BCUT2D eigenvalue weighted by Gasteiger charge is 2.26. The molecule has 2 aromatic rings. The number of para-hydroxylation sites is 2. The van der Waals surface area contributed by atoms with Crippen LogP contribution in [0.25, 0.3) is 0 Å². The Morgan fingerprint density at radius 3 is 2.86 bits per heavy atom. The highest BCUT2D eigenvalue weighted by atomic mass is 35.5. The minimum absolute atomic E-state index is 0.263. The standard InChI is InChI=1S/C15H12Cl2N2O2/c16-9-5-6-11(10(17)7-9)19-15(20)14-8-18-12-3-1-2-4-13(12)21-14/h1-7,14,18H,8H2,(H,19,20). The maximum Gasteiger partial charge on any atom is 0.267 e. The predicted molar refractivity (Wildman–Crippen MR) is 84.4 cm³/mol. The first-order valence-electron chi connectivity index (χ1n) is 6.39. The van der Waals surface area contributed by atoms with Crippen LogP contribution in [0.3, 0.4) is 0 Å². The fourth-order valence-electron chi connectivity index (χ4n) is 2.06. The number of ether oxygens (including phenoxy) is 1. The van der Waals surface area contributed by atoms with E-state index in [1.165, 1.54) is 0 Å². The van der Waals surface area contributed by atoms with Crippen molar-refractivity contribution in [3.05, 3.63) is 52.5 Å². The van der Waals surface area contributed by atoms with Crippen LogP contribution in [0.1, 0.15) is 0 Å². The Morgan fingerprint density at radius 2 is 2.05 bits per heavy atom. The number of nitrogens with one attached hydrogen (secondary N) is 2. The van der Waals surface area contributed by atoms with Gasteiger partial charge in [-0.25, -0.2) is 0 Å². The fraction of sp³-hybridized carbons (Fsp3) is 0.133. The third-order valence-corrected chi connectivity index (χ3v) is 3.66. The monoisotopic (exact) mass is 322 g/mol. The van der Waals surface area contributed by atoms with E-state index in [-0.39, 0.29) is 5.91 Å². The number of amides is 1. The molecule has 0 aromatic heterocycles. The van der Waals surface area contributed by atoms with E-state index in [0.717, 1.165) is 5.69 Å². The Balaban J connectivity index is 1.72. The number of hydrogen-bond acceptors (Lipinski definition) is 3. The number of fused-ring (bicyclic) bond motifs is 1. The molecule has 0 saturated heterocycles. The maximum atomic E-state index is 12.2. The molecule has 3 rings (SSSR count). The van der Waals surface area contributed by atoms with Gasteiger partial charge in [0, 0.05) is 5.02 Å². The van der Waals surface area contributed by atoms with Gasteiger partial charge in [0.15, 0.2) is 6.10 Å². The molecule has 0 saturated carbocycles. The van der Waals surface area contributed by atoms with E-state index in [0.29, 0.717) is 28.0 Å². The van der Waals surface area contributed by atoms with Crippen LogP contribution in [0.4, 0.5) is 11.4 Å². The lowest BCUT2D eigenvalue weighted by Gasteiger charge is -2.26. The van der Waals surface area contributed by atoms with E-state index < -0.39 is 6.10 Å². The Hall–Kier alpha value is -1.91. The van der Waals surface area contributed by atoms with Gasteiger partial charge < -0.3 is 15.4 Å². The average molecular weight is 323 g/mol. The van der Waals surface area contributed by atoms with Gasteiger partial charge in [0.25, 0.3) is 5.91 Å². The Morgan fingerprint density at radius 1 is 1.24 bits per heavy atom. The van der Waals surface area contributed by atoms with Crippen LogP contribution in [0, 0.1) is 0 Å². The van der Waals surface area contributed by atoms with Crippen LogP contribution < -0.4 is 15.4 Å². The molecule has 2 aromatic carbocycles. The highest BCUT2D eigenvalue weighted by Crippen LogP contribution is 2.29. The Bertz CT molecular complexity index is 691. The summed E-state index contributed by atoms with van der Waals surface area (Å²) in [6, 6.07) is 12.4. The van der Waals surface area contributed by atoms with Gasteiger partial charge in [-0.1, -0.05) is 35.3 Å².